The van der Waals surface area contributed by atoms with Crippen molar-refractivity contribution < 1.29 is 4.74 Å². The lowest BCUT2D eigenvalue weighted by molar-refractivity contribution is 0.0418. The van der Waals surface area contributed by atoms with Gasteiger partial charge < -0.3 is 4.74 Å². The SMILES string of the molecule is COCCN1CCN([C@H](C)c2cccnc2)C[C@@H]1C. The molecule has 1 aromatic heterocycles. The van der Waals surface area contributed by atoms with Crippen LogP contribution in [0.3, 0.4) is 0 Å². The molecular weight excluding hydrogens is 238 g/mol. The molecule has 0 unspecified atom stereocenters. The molecule has 0 N–H and O–H groups in total. The Bertz CT molecular complexity index is 371. The van der Waals surface area contributed by atoms with Crippen molar-refractivity contribution >= 4 is 0 Å². The van der Waals surface area contributed by atoms with Gasteiger partial charge in [0.2, 0.25) is 0 Å². The molecule has 2 heterocycles. The van der Waals surface area contributed by atoms with Gasteiger partial charge in [-0.1, -0.05) is 6.07 Å². The Hall–Kier alpha value is -0.970. The lowest BCUT2D eigenvalue weighted by Gasteiger charge is -2.42. The maximum absolute atomic E-state index is 5.17. The van der Waals surface area contributed by atoms with Crippen molar-refractivity contribution in [2.75, 3.05) is 39.9 Å². The molecule has 0 radical (unpaired) electrons. The highest BCUT2D eigenvalue weighted by Crippen LogP contribution is 2.22. The Balaban J connectivity index is 1.91. The van der Waals surface area contributed by atoms with Gasteiger partial charge in [-0.2, -0.15) is 0 Å². The van der Waals surface area contributed by atoms with E-state index in [0.717, 1.165) is 32.8 Å². The molecule has 0 aromatic carbocycles. The number of aromatic nitrogens is 1. The number of pyridine rings is 1. The van der Waals surface area contributed by atoms with Gasteiger partial charge >= 0.3 is 0 Å². The van der Waals surface area contributed by atoms with Crippen molar-refractivity contribution in [2.45, 2.75) is 25.9 Å². The van der Waals surface area contributed by atoms with E-state index in [1.54, 1.807) is 7.11 Å². The van der Waals surface area contributed by atoms with Gasteiger partial charge in [-0.25, -0.2) is 0 Å². The molecule has 1 aliphatic rings. The summed E-state index contributed by atoms with van der Waals surface area (Å²) in [6.07, 6.45) is 3.81. The molecule has 106 valence electrons. The first-order chi connectivity index (χ1) is 9.22. The molecule has 1 fully saturated rings. The van der Waals surface area contributed by atoms with Crippen LogP contribution in [0, 0.1) is 0 Å². The molecule has 0 spiro atoms. The van der Waals surface area contributed by atoms with Gasteiger partial charge in [-0.3, -0.25) is 14.8 Å². The fourth-order valence-corrected chi connectivity index (χ4v) is 2.75. The summed E-state index contributed by atoms with van der Waals surface area (Å²) in [5.74, 6) is 0. The van der Waals surface area contributed by atoms with Crippen molar-refractivity contribution in [1.29, 1.82) is 0 Å². The van der Waals surface area contributed by atoms with Gasteiger partial charge in [0.25, 0.3) is 0 Å². The Morgan fingerprint density at radius 2 is 2.32 bits per heavy atom. The monoisotopic (exact) mass is 263 g/mol. The molecule has 1 aromatic rings. The molecule has 0 aliphatic carbocycles. The summed E-state index contributed by atoms with van der Waals surface area (Å²) in [7, 11) is 1.77. The molecule has 2 atom stereocenters. The van der Waals surface area contributed by atoms with E-state index in [2.05, 4.69) is 34.7 Å². The van der Waals surface area contributed by atoms with Crippen molar-refractivity contribution in [3.05, 3.63) is 30.1 Å². The standard InChI is InChI=1S/C15H25N3O/c1-13-12-18(8-7-17(13)9-10-19-3)14(2)15-5-4-6-16-11-15/h4-6,11,13-14H,7-10,12H2,1-3H3/t13-,14+/m0/s1. The van der Waals surface area contributed by atoms with E-state index in [4.69, 9.17) is 4.74 Å². The number of rotatable bonds is 5. The summed E-state index contributed by atoms with van der Waals surface area (Å²) < 4.78 is 5.17. The molecule has 19 heavy (non-hydrogen) atoms. The van der Waals surface area contributed by atoms with E-state index in [1.807, 2.05) is 18.5 Å². The maximum Gasteiger partial charge on any atom is 0.0589 e. The van der Waals surface area contributed by atoms with Gasteiger partial charge in [-0.05, 0) is 25.5 Å². The minimum atomic E-state index is 0.445. The first-order valence-corrected chi connectivity index (χ1v) is 7.09. The number of hydrogen-bond donors (Lipinski definition) is 0. The van der Waals surface area contributed by atoms with Crippen LogP contribution >= 0.6 is 0 Å². The van der Waals surface area contributed by atoms with Crippen LogP contribution in [0.1, 0.15) is 25.5 Å². The summed E-state index contributed by atoms with van der Waals surface area (Å²) in [6, 6.07) is 5.22. The largest absolute Gasteiger partial charge is 0.383 e. The Morgan fingerprint density at radius 1 is 1.47 bits per heavy atom. The zero-order chi connectivity index (χ0) is 13.7. The van der Waals surface area contributed by atoms with Gasteiger partial charge in [-0.15, -0.1) is 0 Å². The molecule has 4 heteroatoms. The topological polar surface area (TPSA) is 28.6 Å². The van der Waals surface area contributed by atoms with Crippen molar-refractivity contribution in [3.8, 4) is 0 Å². The number of nitrogens with zero attached hydrogens (tertiary/aromatic N) is 3. The fourth-order valence-electron chi connectivity index (χ4n) is 2.75. The highest BCUT2D eigenvalue weighted by atomic mass is 16.5. The van der Waals surface area contributed by atoms with Crippen LogP contribution in [0.25, 0.3) is 0 Å². The van der Waals surface area contributed by atoms with E-state index in [0.29, 0.717) is 12.1 Å². The zero-order valence-electron chi connectivity index (χ0n) is 12.2. The molecule has 0 saturated carbocycles. The molecule has 1 aliphatic heterocycles. The third-order valence-corrected chi connectivity index (χ3v) is 4.09. The fraction of sp³-hybridized carbons (Fsp3) is 0.667. The van der Waals surface area contributed by atoms with Crippen molar-refractivity contribution in [2.24, 2.45) is 0 Å². The second-order valence-corrected chi connectivity index (χ2v) is 5.34. The highest BCUT2D eigenvalue weighted by Gasteiger charge is 2.26. The third kappa shape index (κ3) is 3.75. The molecule has 4 nitrogen and oxygen atoms in total. The molecular formula is C15H25N3O. The summed E-state index contributed by atoms with van der Waals surface area (Å²) in [5, 5.41) is 0. The Labute approximate surface area is 116 Å². The number of piperazine rings is 1. The van der Waals surface area contributed by atoms with Gasteiger partial charge in [0, 0.05) is 57.8 Å². The summed E-state index contributed by atoms with van der Waals surface area (Å²) in [5.41, 5.74) is 1.31. The average molecular weight is 263 g/mol. The predicted molar refractivity (Wildman–Crippen MR) is 77.1 cm³/mol. The minimum absolute atomic E-state index is 0.445. The smallest absolute Gasteiger partial charge is 0.0589 e. The summed E-state index contributed by atoms with van der Waals surface area (Å²) in [4.78, 5) is 9.28. The van der Waals surface area contributed by atoms with Crippen LogP contribution in [-0.2, 0) is 4.74 Å². The number of methoxy groups -OCH3 is 1. The van der Waals surface area contributed by atoms with Crippen LogP contribution in [0.2, 0.25) is 0 Å². The zero-order valence-corrected chi connectivity index (χ0v) is 12.2. The van der Waals surface area contributed by atoms with Gasteiger partial charge in [0.1, 0.15) is 0 Å². The van der Waals surface area contributed by atoms with Gasteiger partial charge in [0.15, 0.2) is 0 Å². The predicted octanol–water partition coefficient (Wildman–Crippen LogP) is 1.80. The Kier molecular flexibility index (Phi) is 5.31. The van der Waals surface area contributed by atoms with Crippen molar-refractivity contribution in [1.82, 2.24) is 14.8 Å². The first-order valence-electron chi connectivity index (χ1n) is 7.09. The maximum atomic E-state index is 5.17. The van der Waals surface area contributed by atoms with E-state index in [1.165, 1.54) is 5.56 Å². The molecule has 2 rings (SSSR count). The normalized spacial score (nSPS) is 23.4. The quantitative estimate of drug-likeness (QED) is 0.810. The van der Waals surface area contributed by atoms with E-state index in [9.17, 15) is 0 Å². The summed E-state index contributed by atoms with van der Waals surface area (Å²) in [6.45, 7) is 9.78. The molecule has 0 amide bonds. The van der Waals surface area contributed by atoms with Gasteiger partial charge in [0.05, 0.1) is 6.61 Å². The van der Waals surface area contributed by atoms with Crippen molar-refractivity contribution in [3.63, 3.8) is 0 Å². The lowest BCUT2D eigenvalue weighted by atomic mass is 10.1. The van der Waals surface area contributed by atoms with Crippen LogP contribution in [0.15, 0.2) is 24.5 Å². The number of ether oxygens (including phenoxy) is 1. The van der Waals surface area contributed by atoms with E-state index < -0.39 is 0 Å². The summed E-state index contributed by atoms with van der Waals surface area (Å²) >= 11 is 0. The Morgan fingerprint density at radius 3 is 2.95 bits per heavy atom. The highest BCUT2D eigenvalue weighted by molar-refractivity contribution is 5.13. The lowest BCUT2D eigenvalue weighted by Crippen LogP contribution is -2.53. The van der Waals surface area contributed by atoms with E-state index in [-0.39, 0.29) is 0 Å². The van der Waals surface area contributed by atoms with Crippen LogP contribution in [0.5, 0.6) is 0 Å². The van der Waals surface area contributed by atoms with E-state index >= 15 is 0 Å². The van der Waals surface area contributed by atoms with Crippen LogP contribution < -0.4 is 0 Å². The second kappa shape index (κ2) is 6.98. The third-order valence-electron chi connectivity index (χ3n) is 4.09. The van der Waals surface area contributed by atoms with Crippen LogP contribution in [-0.4, -0.2) is 60.7 Å². The number of hydrogen-bond acceptors (Lipinski definition) is 4. The average Bonchev–Trinajstić information content (AvgIpc) is 2.46. The first kappa shape index (κ1) is 14.4. The minimum Gasteiger partial charge on any atom is -0.383 e. The van der Waals surface area contributed by atoms with Crippen LogP contribution in [0.4, 0.5) is 0 Å². The molecule has 1 saturated heterocycles. The second-order valence-electron chi connectivity index (χ2n) is 5.34. The molecule has 0 bridgehead atoms.